The van der Waals surface area contributed by atoms with Crippen LogP contribution in [0.15, 0.2) is 29.8 Å². The van der Waals surface area contributed by atoms with Crippen LogP contribution < -0.4 is 5.32 Å². The summed E-state index contributed by atoms with van der Waals surface area (Å²) in [4.78, 5) is 48.8. The van der Waals surface area contributed by atoms with Gasteiger partial charge in [-0.3, -0.25) is 24.1 Å². The van der Waals surface area contributed by atoms with Crippen LogP contribution in [0.5, 0.6) is 0 Å². The van der Waals surface area contributed by atoms with Crippen molar-refractivity contribution in [1.29, 1.82) is 0 Å². The lowest BCUT2D eigenvalue weighted by Gasteiger charge is -2.30. The number of benzene rings is 1. The number of nitro groups is 1. The minimum absolute atomic E-state index is 0.128. The quantitative estimate of drug-likeness (QED) is 0.269. The summed E-state index contributed by atoms with van der Waals surface area (Å²) in [6.45, 7) is -0.174. The first kappa shape index (κ1) is 22.2. The number of nitro benzene ring substituents is 1. The molecule has 0 bridgehead atoms. The Kier molecular flexibility index (Phi) is 6.24. The number of nitrogens with one attached hydrogen (secondary N) is 1. The SMILES string of the molecule is CS(=O)(=O)O[C@H]1CN(C(=O)OCc2ccc([N+](=O)[O-])cc2)[C@H](N2CCNC2=O)C1=C=O. The maximum absolute atomic E-state index is 12.7. The summed E-state index contributed by atoms with van der Waals surface area (Å²) in [5, 5.41) is 13.3. The fourth-order valence-corrected chi connectivity index (χ4v) is 3.88. The van der Waals surface area contributed by atoms with Crippen molar-refractivity contribution >= 4 is 33.9 Å². The van der Waals surface area contributed by atoms with E-state index in [1.54, 1.807) is 5.94 Å². The van der Waals surface area contributed by atoms with Gasteiger partial charge < -0.3 is 10.1 Å². The molecule has 2 saturated heterocycles. The Morgan fingerprint density at radius 2 is 2.03 bits per heavy atom. The van der Waals surface area contributed by atoms with Crippen LogP contribution in [0.3, 0.4) is 0 Å². The molecule has 14 heteroatoms. The lowest BCUT2D eigenvalue weighted by molar-refractivity contribution is -0.384. The number of ether oxygens (including phenoxy) is 1. The Bertz CT molecular complexity index is 1050. The van der Waals surface area contributed by atoms with Crippen molar-refractivity contribution in [3.63, 3.8) is 0 Å². The predicted molar refractivity (Wildman–Crippen MR) is 103 cm³/mol. The van der Waals surface area contributed by atoms with Gasteiger partial charge in [-0.05, 0) is 17.7 Å². The molecule has 3 amide bonds. The van der Waals surface area contributed by atoms with Crippen molar-refractivity contribution in [2.75, 3.05) is 25.9 Å². The van der Waals surface area contributed by atoms with E-state index in [4.69, 9.17) is 8.92 Å². The van der Waals surface area contributed by atoms with E-state index in [-0.39, 0.29) is 37.5 Å². The molecule has 166 valence electrons. The molecule has 0 aromatic heterocycles. The zero-order valence-corrected chi connectivity index (χ0v) is 17.0. The molecular weight excluding hydrogens is 436 g/mol. The maximum atomic E-state index is 12.7. The molecule has 1 aromatic rings. The summed E-state index contributed by atoms with van der Waals surface area (Å²) in [6, 6.07) is 4.77. The van der Waals surface area contributed by atoms with Crippen molar-refractivity contribution in [3.8, 4) is 0 Å². The normalized spacial score (nSPS) is 21.1. The first-order chi connectivity index (χ1) is 14.6. The highest BCUT2D eigenvalue weighted by atomic mass is 32.2. The molecule has 0 saturated carbocycles. The molecule has 0 spiro atoms. The first-order valence-electron chi connectivity index (χ1n) is 8.95. The molecule has 31 heavy (non-hydrogen) atoms. The molecular formula is C17H18N4O9S. The number of amides is 3. The molecule has 3 rings (SSSR count). The van der Waals surface area contributed by atoms with Crippen LogP contribution in [0.4, 0.5) is 15.3 Å². The molecule has 2 heterocycles. The van der Waals surface area contributed by atoms with Crippen LogP contribution in [-0.2, 0) is 30.4 Å². The summed E-state index contributed by atoms with van der Waals surface area (Å²) >= 11 is 0. The Morgan fingerprint density at radius 1 is 1.35 bits per heavy atom. The summed E-state index contributed by atoms with van der Waals surface area (Å²) in [5.74, 6) is 1.60. The van der Waals surface area contributed by atoms with Gasteiger partial charge >= 0.3 is 12.1 Å². The highest BCUT2D eigenvalue weighted by molar-refractivity contribution is 7.86. The third kappa shape index (κ3) is 4.99. The van der Waals surface area contributed by atoms with Crippen LogP contribution >= 0.6 is 0 Å². The topological polar surface area (TPSA) is 165 Å². The number of likely N-dealkylation sites (tertiary alicyclic amines) is 1. The van der Waals surface area contributed by atoms with Crippen LogP contribution in [0.25, 0.3) is 0 Å². The van der Waals surface area contributed by atoms with Gasteiger partial charge in [-0.2, -0.15) is 8.42 Å². The fourth-order valence-electron chi connectivity index (χ4n) is 3.29. The molecule has 13 nitrogen and oxygen atoms in total. The standard InChI is InChI=1S/C17H18N4O9S/c1-31(27,28)30-14-8-20(15(13(14)9-22)19-7-6-18-16(19)23)17(24)29-10-11-2-4-12(5-3-11)21(25)26/h2-5,14-15H,6-8,10H2,1H3,(H,18,23)/t14-,15-/m0/s1. The zero-order valence-electron chi connectivity index (χ0n) is 16.2. The van der Waals surface area contributed by atoms with E-state index in [2.05, 4.69) is 5.32 Å². The molecule has 2 fully saturated rings. The van der Waals surface area contributed by atoms with Gasteiger partial charge in [-0.1, -0.05) is 0 Å². The van der Waals surface area contributed by atoms with Gasteiger partial charge in [0.2, 0.25) is 0 Å². The van der Waals surface area contributed by atoms with Gasteiger partial charge in [0.25, 0.3) is 15.8 Å². The average molecular weight is 454 g/mol. The summed E-state index contributed by atoms with van der Waals surface area (Å²) in [6.07, 6.45) is -2.69. The first-order valence-corrected chi connectivity index (χ1v) is 10.8. The van der Waals surface area contributed by atoms with E-state index < -0.39 is 39.4 Å². The second-order valence-electron chi connectivity index (χ2n) is 6.78. The van der Waals surface area contributed by atoms with E-state index in [1.807, 2.05) is 0 Å². The molecule has 0 unspecified atom stereocenters. The molecule has 2 aliphatic rings. The van der Waals surface area contributed by atoms with E-state index in [1.165, 1.54) is 29.2 Å². The van der Waals surface area contributed by atoms with Gasteiger partial charge in [0.15, 0.2) is 0 Å². The number of non-ortho nitro benzene ring substituents is 1. The fraction of sp³-hybridized carbons (Fsp3) is 0.412. The third-order valence-corrected chi connectivity index (χ3v) is 5.20. The van der Waals surface area contributed by atoms with Crippen LogP contribution in [-0.4, -0.2) is 79.4 Å². The number of carbonyl (C=O) groups excluding carboxylic acids is 3. The highest BCUT2D eigenvalue weighted by Crippen LogP contribution is 2.30. The van der Waals surface area contributed by atoms with Crippen molar-refractivity contribution in [2.24, 2.45) is 0 Å². The number of carbonyl (C=O) groups is 2. The summed E-state index contributed by atoms with van der Waals surface area (Å²) in [7, 11) is -3.98. The van der Waals surface area contributed by atoms with Crippen molar-refractivity contribution < 1.29 is 36.6 Å². The number of hydrogen-bond donors (Lipinski definition) is 1. The second-order valence-corrected chi connectivity index (χ2v) is 8.38. The average Bonchev–Trinajstić information content (AvgIpc) is 3.27. The van der Waals surface area contributed by atoms with E-state index in [0.29, 0.717) is 5.56 Å². The van der Waals surface area contributed by atoms with Gasteiger partial charge in [0, 0.05) is 25.2 Å². The predicted octanol–water partition coefficient (Wildman–Crippen LogP) is 0.00110. The lowest BCUT2D eigenvalue weighted by Crippen LogP contribution is -2.49. The number of nitrogens with zero attached hydrogens (tertiary/aromatic N) is 3. The molecule has 1 aromatic carbocycles. The van der Waals surface area contributed by atoms with Crippen molar-refractivity contribution in [2.45, 2.75) is 18.9 Å². The molecule has 1 N–H and O–H groups in total. The largest absolute Gasteiger partial charge is 0.444 e. The van der Waals surface area contributed by atoms with Crippen LogP contribution in [0.2, 0.25) is 0 Å². The second kappa shape index (κ2) is 8.71. The minimum atomic E-state index is -3.98. The van der Waals surface area contributed by atoms with E-state index in [0.717, 1.165) is 11.2 Å². The maximum Gasteiger partial charge on any atom is 0.412 e. The molecule has 2 atom stereocenters. The number of hydrogen-bond acceptors (Lipinski definition) is 9. The smallest absolute Gasteiger partial charge is 0.412 e. The molecule has 2 aliphatic heterocycles. The molecule has 0 aliphatic carbocycles. The Hall–Kier alpha value is -3.48. The zero-order chi connectivity index (χ0) is 22.8. The number of urea groups is 1. The van der Waals surface area contributed by atoms with E-state index in [9.17, 15) is 32.9 Å². The van der Waals surface area contributed by atoms with Gasteiger partial charge in [-0.25, -0.2) is 14.4 Å². The monoisotopic (exact) mass is 454 g/mol. The van der Waals surface area contributed by atoms with Crippen LogP contribution in [0.1, 0.15) is 5.56 Å². The molecule has 0 radical (unpaired) electrons. The van der Waals surface area contributed by atoms with Crippen molar-refractivity contribution in [1.82, 2.24) is 15.1 Å². The highest BCUT2D eigenvalue weighted by Gasteiger charge is 2.49. The van der Waals surface area contributed by atoms with Crippen molar-refractivity contribution in [3.05, 3.63) is 45.5 Å². The van der Waals surface area contributed by atoms with Gasteiger partial charge in [0.1, 0.15) is 24.8 Å². The summed E-state index contributed by atoms with van der Waals surface area (Å²) in [5.41, 5.74) is 0.106. The minimum Gasteiger partial charge on any atom is -0.444 e. The lowest BCUT2D eigenvalue weighted by atomic mass is 10.2. The van der Waals surface area contributed by atoms with Crippen LogP contribution in [0, 0.1) is 10.1 Å². The Labute approximate surface area is 176 Å². The third-order valence-electron chi connectivity index (χ3n) is 4.62. The van der Waals surface area contributed by atoms with Gasteiger partial charge in [0.05, 0.1) is 23.3 Å². The summed E-state index contributed by atoms with van der Waals surface area (Å²) < 4.78 is 33.3. The Balaban J connectivity index is 1.80. The van der Waals surface area contributed by atoms with E-state index >= 15 is 0 Å². The number of rotatable bonds is 6. The Morgan fingerprint density at radius 3 is 2.55 bits per heavy atom. The van der Waals surface area contributed by atoms with Gasteiger partial charge in [-0.15, -0.1) is 0 Å².